The van der Waals surface area contributed by atoms with Crippen molar-refractivity contribution < 1.29 is 4.80 Å². The molecule has 0 aliphatic heterocycles. The van der Waals surface area contributed by atoms with Crippen LogP contribution in [0.2, 0.25) is 5.04 Å². The van der Waals surface area contributed by atoms with Crippen LogP contribution in [0.4, 0.5) is 0 Å². The standard InChI is InChI=1S/C8H20OSi/c1-4-7-8(5-2,6-3)10-9/h9H,4-7,10H2,1-3H3. The van der Waals surface area contributed by atoms with Gasteiger partial charge in [-0.2, -0.15) is 0 Å². The molecule has 1 N–H and O–H groups in total. The van der Waals surface area contributed by atoms with Gasteiger partial charge in [0, 0.05) is 0 Å². The molecular weight excluding hydrogens is 140 g/mol. The summed E-state index contributed by atoms with van der Waals surface area (Å²) >= 11 is 0. The minimum absolute atomic E-state index is 0.370. The first-order valence-electron chi connectivity index (χ1n) is 4.35. The quantitative estimate of drug-likeness (QED) is 0.609. The van der Waals surface area contributed by atoms with Crippen LogP contribution in [0.3, 0.4) is 0 Å². The van der Waals surface area contributed by atoms with E-state index in [1.807, 2.05) is 0 Å². The van der Waals surface area contributed by atoms with E-state index in [9.17, 15) is 4.80 Å². The molecule has 2 heteroatoms. The Morgan fingerprint density at radius 1 is 1.20 bits per heavy atom. The lowest BCUT2D eigenvalue weighted by Crippen LogP contribution is -2.18. The van der Waals surface area contributed by atoms with Crippen molar-refractivity contribution in [1.82, 2.24) is 0 Å². The highest BCUT2D eigenvalue weighted by atomic mass is 28.2. The smallest absolute Gasteiger partial charge is 0.162 e. The van der Waals surface area contributed by atoms with E-state index < -0.39 is 9.76 Å². The molecule has 0 aliphatic rings. The molecule has 0 bridgehead atoms. The summed E-state index contributed by atoms with van der Waals surface area (Å²) in [5.74, 6) is 0. The van der Waals surface area contributed by atoms with E-state index >= 15 is 0 Å². The van der Waals surface area contributed by atoms with Gasteiger partial charge >= 0.3 is 0 Å². The molecule has 62 valence electrons. The zero-order chi connectivity index (χ0) is 8.04. The Bertz CT molecular complexity index is 71.1. The SMILES string of the molecule is CCCC(CC)(CC)[SiH2]O. The van der Waals surface area contributed by atoms with Gasteiger partial charge in [-0.25, -0.2) is 0 Å². The van der Waals surface area contributed by atoms with Crippen LogP contribution in [0.25, 0.3) is 0 Å². The summed E-state index contributed by atoms with van der Waals surface area (Å²) in [6.45, 7) is 6.59. The first kappa shape index (κ1) is 10.2. The molecule has 0 unspecified atom stereocenters. The van der Waals surface area contributed by atoms with Crippen molar-refractivity contribution in [2.24, 2.45) is 0 Å². The van der Waals surface area contributed by atoms with Gasteiger partial charge in [-0.05, 0) is 11.5 Å². The summed E-state index contributed by atoms with van der Waals surface area (Å²) in [6.07, 6.45) is 4.78. The van der Waals surface area contributed by atoms with E-state index in [4.69, 9.17) is 0 Å². The molecular formula is C8H20OSi. The lowest BCUT2D eigenvalue weighted by Gasteiger charge is -2.27. The predicted molar refractivity (Wildman–Crippen MR) is 48.9 cm³/mol. The predicted octanol–water partition coefficient (Wildman–Crippen LogP) is 1.84. The maximum Gasteiger partial charge on any atom is 0.162 e. The third-order valence-corrected chi connectivity index (χ3v) is 4.64. The third-order valence-electron chi connectivity index (χ3n) is 2.62. The van der Waals surface area contributed by atoms with Gasteiger partial charge < -0.3 is 4.80 Å². The largest absolute Gasteiger partial charge is 0.438 e. The highest BCUT2D eigenvalue weighted by molar-refractivity contribution is 6.30. The first-order valence-corrected chi connectivity index (χ1v) is 5.69. The summed E-state index contributed by atoms with van der Waals surface area (Å²) in [5.41, 5.74) is 0. The summed E-state index contributed by atoms with van der Waals surface area (Å²) in [6, 6.07) is 0. The fourth-order valence-electron chi connectivity index (χ4n) is 1.44. The topological polar surface area (TPSA) is 20.2 Å². The Labute approximate surface area is 66.8 Å². The lowest BCUT2D eigenvalue weighted by atomic mass is 9.96. The van der Waals surface area contributed by atoms with Gasteiger partial charge in [0.25, 0.3) is 0 Å². The van der Waals surface area contributed by atoms with Crippen LogP contribution in [0.1, 0.15) is 46.5 Å². The molecule has 0 fully saturated rings. The summed E-state index contributed by atoms with van der Waals surface area (Å²) in [5, 5.41) is 0.370. The van der Waals surface area contributed by atoms with E-state index in [-0.39, 0.29) is 0 Å². The molecule has 1 nitrogen and oxygen atoms in total. The number of rotatable bonds is 5. The molecule has 0 spiro atoms. The average molecular weight is 160 g/mol. The Kier molecular flexibility index (Phi) is 5.00. The van der Waals surface area contributed by atoms with E-state index in [1.54, 1.807) is 0 Å². The van der Waals surface area contributed by atoms with Crippen molar-refractivity contribution in [2.45, 2.75) is 51.5 Å². The molecule has 0 aromatic heterocycles. The van der Waals surface area contributed by atoms with E-state index in [2.05, 4.69) is 20.8 Å². The van der Waals surface area contributed by atoms with Crippen molar-refractivity contribution >= 4 is 9.76 Å². The minimum atomic E-state index is -0.790. The molecule has 0 aromatic carbocycles. The van der Waals surface area contributed by atoms with Crippen molar-refractivity contribution in [3.05, 3.63) is 0 Å². The zero-order valence-electron chi connectivity index (χ0n) is 7.48. The average Bonchev–Trinajstić information content (AvgIpc) is 2.01. The van der Waals surface area contributed by atoms with E-state index in [0.29, 0.717) is 5.04 Å². The Balaban J connectivity index is 3.87. The molecule has 0 aliphatic carbocycles. The fraction of sp³-hybridized carbons (Fsp3) is 1.00. The van der Waals surface area contributed by atoms with E-state index in [1.165, 1.54) is 25.7 Å². The van der Waals surface area contributed by atoms with Crippen LogP contribution in [0.5, 0.6) is 0 Å². The molecule has 0 atom stereocenters. The summed E-state index contributed by atoms with van der Waals surface area (Å²) in [4.78, 5) is 9.25. The zero-order valence-corrected chi connectivity index (χ0v) is 8.90. The fourth-order valence-corrected chi connectivity index (χ4v) is 2.40. The number of hydrogen-bond donors (Lipinski definition) is 1. The van der Waals surface area contributed by atoms with Crippen LogP contribution in [0, 0.1) is 0 Å². The van der Waals surface area contributed by atoms with Crippen molar-refractivity contribution in [2.75, 3.05) is 0 Å². The van der Waals surface area contributed by atoms with E-state index in [0.717, 1.165) is 0 Å². The van der Waals surface area contributed by atoms with Gasteiger partial charge in [-0.15, -0.1) is 0 Å². The van der Waals surface area contributed by atoms with Crippen molar-refractivity contribution in [3.63, 3.8) is 0 Å². The van der Waals surface area contributed by atoms with Crippen LogP contribution in [0.15, 0.2) is 0 Å². The number of hydrogen-bond acceptors (Lipinski definition) is 1. The Morgan fingerprint density at radius 3 is 1.80 bits per heavy atom. The first-order chi connectivity index (χ1) is 4.74. The van der Waals surface area contributed by atoms with Crippen LogP contribution in [-0.2, 0) is 0 Å². The second kappa shape index (κ2) is 4.91. The van der Waals surface area contributed by atoms with Gasteiger partial charge in [0.15, 0.2) is 9.76 Å². The Hall–Kier alpha value is 0.177. The van der Waals surface area contributed by atoms with Crippen molar-refractivity contribution in [1.29, 1.82) is 0 Å². The second-order valence-corrected chi connectivity index (χ2v) is 4.93. The summed E-state index contributed by atoms with van der Waals surface area (Å²) < 4.78 is 0. The van der Waals surface area contributed by atoms with Gasteiger partial charge in [0.2, 0.25) is 0 Å². The highest BCUT2D eigenvalue weighted by Gasteiger charge is 2.24. The summed E-state index contributed by atoms with van der Waals surface area (Å²) in [7, 11) is -0.790. The lowest BCUT2D eigenvalue weighted by molar-refractivity contribution is 0.418. The molecule has 0 saturated heterocycles. The van der Waals surface area contributed by atoms with Crippen molar-refractivity contribution in [3.8, 4) is 0 Å². The third kappa shape index (κ3) is 2.43. The van der Waals surface area contributed by atoms with Crippen LogP contribution < -0.4 is 0 Å². The maximum absolute atomic E-state index is 9.25. The highest BCUT2D eigenvalue weighted by Crippen LogP contribution is 2.37. The molecule has 0 radical (unpaired) electrons. The molecule has 0 saturated carbocycles. The van der Waals surface area contributed by atoms with Gasteiger partial charge in [0.1, 0.15) is 0 Å². The minimum Gasteiger partial charge on any atom is -0.438 e. The Morgan fingerprint density at radius 2 is 1.70 bits per heavy atom. The molecule has 10 heavy (non-hydrogen) atoms. The van der Waals surface area contributed by atoms with Gasteiger partial charge in [-0.1, -0.05) is 40.0 Å². The van der Waals surface area contributed by atoms with Crippen LogP contribution >= 0.6 is 0 Å². The maximum atomic E-state index is 9.25. The van der Waals surface area contributed by atoms with Crippen LogP contribution in [-0.4, -0.2) is 14.6 Å². The second-order valence-electron chi connectivity index (χ2n) is 3.12. The molecule has 0 aromatic rings. The molecule has 0 rings (SSSR count). The molecule has 0 heterocycles. The van der Waals surface area contributed by atoms with Gasteiger partial charge in [0.05, 0.1) is 0 Å². The molecule has 0 amide bonds. The monoisotopic (exact) mass is 160 g/mol. The van der Waals surface area contributed by atoms with Gasteiger partial charge in [-0.3, -0.25) is 0 Å². The normalized spacial score (nSPS) is 13.2.